The summed E-state index contributed by atoms with van der Waals surface area (Å²) >= 11 is 5.89. The van der Waals surface area contributed by atoms with Crippen molar-refractivity contribution in [3.05, 3.63) is 29.0 Å². The Balaban J connectivity index is 2.19. The van der Waals surface area contributed by atoms with Crippen LogP contribution in [-0.4, -0.2) is 40.2 Å². The third-order valence-electron chi connectivity index (χ3n) is 2.39. The molecule has 5 heteroatoms. The summed E-state index contributed by atoms with van der Waals surface area (Å²) in [6, 6.07) is 5.58. The molecular weight excluding hydrogens is 226 g/mol. The van der Waals surface area contributed by atoms with Crippen molar-refractivity contribution in [2.45, 2.75) is 6.54 Å². The number of aliphatic hydroxyl groups excluding tert-OH is 1. The van der Waals surface area contributed by atoms with E-state index in [1.165, 1.54) is 0 Å². The lowest BCUT2D eigenvalue weighted by Gasteiger charge is -2.12. The van der Waals surface area contributed by atoms with Crippen LogP contribution < -0.4 is 0 Å². The Morgan fingerprint density at radius 2 is 2.31 bits per heavy atom. The zero-order chi connectivity index (χ0) is 11.5. The number of H-pyrrole nitrogens is 1. The van der Waals surface area contributed by atoms with Crippen LogP contribution in [0.5, 0.6) is 0 Å². The second-order valence-corrected chi connectivity index (χ2v) is 4.24. The topological polar surface area (TPSA) is 52.1 Å². The maximum absolute atomic E-state index is 8.80. The van der Waals surface area contributed by atoms with E-state index in [4.69, 9.17) is 16.7 Å². The number of likely N-dealkylation sites (N-methyl/N-ethyl adjacent to an activating group) is 1. The number of aliphatic hydroxyl groups is 1. The lowest BCUT2D eigenvalue weighted by molar-refractivity contribution is 0.215. The molecule has 2 aromatic rings. The van der Waals surface area contributed by atoms with Crippen LogP contribution in [0, 0.1) is 0 Å². The number of fused-ring (bicyclic) bond motifs is 1. The minimum absolute atomic E-state index is 0.155. The maximum atomic E-state index is 8.80. The quantitative estimate of drug-likeness (QED) is 0.853. The van der Waals surface area contributed by atoms with E-state index in [-0.39, 0.29) is 6.61 Å². The number of imidazole rings is 1. The summed E-state index contributed by atoms with van der Waals surface area (Å²) in [6.07, 6.45) is 0. The molecule has 0 radical (unpaired) electrons. The van der Waals surface area contributed by atoms with Gasteiger partial charge in [0.2, 0.25) is 0 Å². The Hall–Kier alpha value is -1.10. The van der Waals surface area contributed by atoms with Gasteiger partial charge in [-0.3, -0.25) is 4.90 Å². The monoisotopic (exact) mass is 239 g/mol. The molecule has 0 saturated carbocycles. The first-order valence-electron chi connectivity index (χ1n) is 5.12. The first-order valence-corrected chi connectivity index (χ1v) is 5.50. The van der Waals surface area contributed by atoms with Crippen LogP contribution >= 0.6 is 11.6 Å². The van der Waals surface area contributed by atoms with Crippen molar-refractivity contribution in [1.29, 1.82) is 0 Å². The van der Waals surface area contributed by atoms with E-state index in [1.54, 1.807) is 0 Å². The highest BCUT2D eigenvalue weighted by Crippen LogP contribution is 2.17. The molecule has 0 atom stereocenters. The molecule has 0 saturated heterocycles. The van der Waals surface area contributed by atoms with E-state index in [9.17, 15) is 0 Å². The number of rotatable bonds is 4. The minimum Gasteiger partial charge on any atom is -0.395 e. The highest BCUT2D eigenvalue weighted by atomic mass is 35.5. The molecular formula is C11H14ClN3O. The van der Waals surface area contributed by atoms with Crippen molar-refractivity contribution in [2.75, 3.05) is 20.2 Å². The van der Waals surface area contributed by atoms with E-state index >= 15 is 0 Å². The molecule has 1 aromatic heterocycles. The summed E-state index contributed by atoms with van der Waals surface area (Å²) in [5, 5.41) is 9.50. The average molecular weight is 240 g/mol. The van der Waals surface area contributed by atoms with Crippen molar-refractivity contribution in [3.8, 4) is 0 Å². The van der Waals surface area contributed by atoms with Crippen LogP contribution in [0.25, 0.3) is 11.0 Å². The summed E-state index contributed by atoms with van der Waals surface area (Å²) in [5.74, 6) is 0.883. The van der Waals surface area contributed by atoms with Gasteiger partial charge in [-0.25, -0.2) is 4.98 Å². The molecule has 0 bridgehead atoms. The largest absolute Gasteiger partial charge is 0.395 e. The van der Waals surface area contributed by atoms with Gasteiger partial charge in [0.15, 0.2) is 0 Å². The second-order valence-electron chi connectivity index (χ2n) is 3.81. The van der Waals surface area contributed by atoms with Gasteiger partial charge in [-0.15, -0.1) is 0 Å². The highest BCUT2D eigenvalue weighted by Gasteiger charge is 2.05. The average Bonchev–Trinajstić information content (AvgIpc) is 2.59. The maximum Gasteiger partial charge on any atom is 0.121 e. The molecule has 1 heterocycles. The molecule has 0 aliphatic heterocycles. The third kappa shape index (κ3) is 2.52. The highest BCUT2D eigenvalue weighted by molar-refractivity contribution is 6.31. The number of hydrogen-bond donors (Lipinski definition) is 2. The molecule has 4 nitrogen and oxygen atoms in total. The summed E-state index contributed by atoms with van der Waals surface area (Å²) in [4.78, 5) is 9.64. The van der Waals surface area contributed by atoms with E-state index in [0.717, 1.165) is 16.9 Å². The second kappa shape index (κ2) is 4.82. The van der Waals surface area contributed by atoms with Crippen LogP contribution in [0.2, 0.25) is 5.02 Å². The third-order valence-corrected chi connectivity index (χ3v) is 2.63. The van der Waals surface area contributed by atoms with Gasteiger partial charge in [0.25, 0.3) is 0 Å². The zero-order valence-electron chi connectivity index (χ0n) is 9.07. The van der Waals surface area contributed by atoms with Crippen LogP contribution in [0.15, 0.2) is 18.2 Å². The van der Waals surface area contributed by atoms with Gasteiger partial charge >= 0.3 is 0 Å². The number of aromatic amines is 1. The number of nitrogens with zero attached hydrogens (tertiary/aromatic N) is 2. The van der Waals surface area contributed by atoms with Gasteiger partial charge < -0.3 is 10.1 Å². The van der Waals surface area contributed by atoms with Crippen LogP contribution in [0.4, 0.5) is 0 Å². The molecule has 2 rings (SSSR count). The summed E-state index contributed by atoms with van der Waals surface area (Å²) in [6.45, 7) is 1.48. The van der Waals surface area contributed by atoms with Gasteiger partial charge in [0.1, 0.15) is 5.82 Å². The number of aromatic nitrogens is 2. The van der Waals surface area contributed by atoms with Crippen molar-refractivity contribution >= 4 is 22.6 Å². The van der Waals surface area contributed by atoms with Crippen molar-refractivity contribution in [2.24, 2.45) is 0 Å². The Bertz CT molecular complexity index is 483. The number of nitrogens with one attached hydrogen (secondary N) is 1. The molecule has 2 N–H and O–H groups in total. The molecule has 0 spiro atoms. The number of halogens is 1. The van der Waals surface area contributed by atoms with E-state index in [0.29, 0.717) is 18.1 Å². The standard InChI is InChI=1S/C11H14ClN3O/c1-15(4-5-16)7-11-13-9-3-2-8(12)6-10(9)14-11/h2-3,6,16H,4-5,7H2,1H3,(H,13,14). The zero-order valence-corrected chi connectivity index (χ0v) is 9.83. The lowest BCUT2D eigenvalue weighted by atomic mass is 10.3. The minimum atomic E-state index is 0.155. The Kier molecular flexibility index (Phi) is 3.43. The molecule has 16 heavy (non-hydrogen) atoms. The van der Waals surface area contributed by atoms with Gasteiger partial charge in [0, 0.05) is 11.6 Å². The van der Waals surface area contributed by atoms with Crippen LogP contribution in [-0.2, 0) is 6.54 Å². The normalized spacial score (nSPS) is 11.5. The lowest BCUT2D eigenvalue weighted by Crippen LogP contribution is -2.22. The molecule has 0 aliphatic carbocycles. The molecule has 0 aliphatic rings. The fraction of sp³-hybridized carbons (Fsp3) is 0.364. The van der Waals surface area contributed by atoms with Gasteiger partial charge in [-0.1, -0.05) is 11.6 Å². The van der Waals surface area contributed by atoms with Crippen LogP contribution in [0.3, 0.4) is 0 Å². The predicted molar refractivity (Wildman–Crippen MR) is 64.5 cm³/mol. The van der Waals surface area contributed by atoms with Gasteiger partial charge in [-0.2, -0.15) is 0 Å². The van der Waals surface area contributed by atoms with E-state index in [1.807, 2.05) is 30.1 Å². The number of benzene rings is 1. The first kappa shape index (κ1) is 11.4. The molecule has 1 aromatic carbocycles. The summed E-state index contributed by atoms with van der Waals surface area (Å²) < 4.78 is 0. The van der Waals surface area contributed by atoms with Crippen molar-refractivity contribution in [3.63, 3.8) is 0 Å². The molecule has 0 fully saturated rings. The Morgan fingerprint density at radius 3 is 3.06 bits per heavy atom. The SMILES string of the molecule is CN(CCO)Cc1nc2ccc(Cl)cc2[nH]1. The van der Waals surface area contributed by atoms with Gasteiger partial charge in [0.05, 0.1) is 24.2 Å². The Labute approximate surface area is 98.9 Å². The molecule has 0 unspecified atom stereocenters. The summed E-state index contributed by atoms with van der Waals surface area (Å²) in [5.41, 5.74) is 1.86. The van der Waals surface area contributed by atoms with E-state index < -0.39 is 0 Å². The van der Waals surface area contributed by atoms with E-state index in [2.05, 4.69) is 9.97 Å². The van der Waals surface area contributed by atoms with Crippen LogP contribution in [0.1, 0.15) is 5.82 Å². The van der Waals surface area contributed by atoms with Crippen molar-refractivity contribution in [1.82, 2.24) is 14.9 Å². The fourth-order valence-corrected chi connectivity index (χ4v) is 1.79. The molecule has 0 amide bonds. The summed E-state index contributed by atoms with van der Waals surface area (Å²) in [7, 11) is 1.94. The fourth-order valence-electron chi connectivity index (χ4n) is 1.61. The first-order chi connectivity index (χ1) is 7.69. The van der Waals surface area contributed by atoms with Crippen molar-refractivity contribution < 1.29 is 5.11 Å². The smallest absolute Gasteiger partial charge is 0.121 e. The van der Waals surface area contributed by atoms with Gasteiger partial charge in [-0.05, 0) is 25.2 Å². The molecule has 86 valence electrons. The number of hydrogen-bond acceptors (Lipinski definition) is 3. The predicted octanol–water partition coefficient (Wildman–Crippen LogP) is 1.64. The Morgan fingerprint density at radius 1 is 1.50 bits per heavy atom.